The van der Waals surface area contributed by atoms with Gasteiger partial charge in [-0.15, -0.1) is 23.1 Å². The molecule has 4 nitrogen and oxygen atoms in total. The monoisotopic (exact) mass is 363 g/mol. The van der Waals surface area contributed by atoms with Crippen LogP contribution in [0.3, 0.4) is 0 Å². The molecule has 1 N–H and O–H groups in total. The first-order chi connectivity index (χ1) is 11.1. The number of halogens is 1. The second kappa shape index (κ2) is 7.29. The summed E-state index contributed by atoms with van der Waals surface area (Å²) in [5.74, 6) is 0.625. The third-order valence-corrected chi connectivity index (χ3v) is 5.29. The van der Waals surface area contributed by atoms with Crippen LogP contribution in [0.4, 0.5) is 5.69 Å². The summed E-state index contributed by atoms with van der Waals surface area (Å²) in [6.07, 6.45) is 1.98. The Hall–Kier alpha value is -1.63. The molecule has 0 atom stereocenters. The molecule has 0 bridgehead atoms. The number of nitrogens with zero attached hydrogens (tertiary/aromatic N) is 2. The van der Waals surface area contributed by atoms with Crippen LogP contribution >= 0.6 is 34.7 Å². The van der Waals surface area contributed by atoms with Gasteiger partial charge in [0.2, 0.25) is 5.91 Å². The summed E-state index contributed by atoms with van der Waals surface area (Å²) < 4.78 is 0. The predicted octanol–water partition coefficient (Wildman–Crippen LogP) is 4.77. The molecule has 118 valence electrons. The second-order valence-corrected chi connectivity index (χ2v) is 7.67. The molecular weight excluding hydrogens is 350 g/mol. The lowest BCUT2D eigenvalue weighted by molar-refractivity contribution is -0.115. The van der Waals surface area contributed by atoms with E-state index in [1.54, 1.807) is 41.6 Å². The second-order valence-electron chi connectivity index (χ2n) is 4.91. The predicted molar refractivity (Wildman–Crippen MR) is 97.6 cm³/mol. The van der Waals surface area contributed by atoms with Crippen molar-refractivity contribution in [3.05, 3.63) is 46.6 Å². The minimum absolute atomic E-state index is 0.0356. The number of carbonyl (C=O) groups excluding carboxylic acids is 1. The van der Waals surface area contributed by atoms with E-state index in [-0.39, 0.29) is 5.91 Å². The molecule has 0 spiro atoms. The zero-order valence-electron chi connectivity index (χ0n) is 12.4. The number of thiophene rings is 1. The maximum atomic E-state index is 12.0. The summed E-state index contributed by atoms with van der Waals surface area (Å²) in [4.78, 5) is 22.8. The molecule has 0 aliphatic heterocycles. The number of anilines is 1. The largest absolute Gasteiger partial charge is 0.326 e. The third kappa shape index (κ3) is 4.22. The van der Waals surface area contributed by atoms with Crippen LogP contribution in [-0.2, 0) is 4.79 Å². The lowest BCUT2D eigenvalue weighted by Gasteiger charge is -2.05. The number of rotatable bonds is 5. The van der Waals surface area contributed by atoms with Crippen LogP contribution in [0.1, 0.15) is 11.3 Å². The Kier molecular flexibility index (Phi) is 5.15. The number of aromatic nitrogens is 2. The van der Waals surface area contributed by atoms with Crippen molar-refractivity contribution in [2.45, 2.75) is 18.4 Å². The highest BCUT2D eigenvalue weighted by Crippen LogP contribution is 2.30. The molecule has 0 saturated carbocycles. The number of amides is 1. The van der Waals surface area contributed by atoms with E-state index < -0.39 is 0 Å². The van der Waals surface area contributed by atoms with Crippen LogP contribution in [0.2, 0.25) is 5.02 Å². The summed E-state index contributed by atoms with van der Waals surface area (Å²) in [7, 11) is 0. The minimum atomic E-state index is -0.0356. The van der Waals surface area contributed by atoms with E-state index in [0.717, 1.165) is 15.2 Å². The molecule has 2 heterocycles. The van der Waals surface area contributed by atoms with Gasteiger partial charge in [0.15, 0.2) is 0 Å². The quantitative estimate of drug-likeness (QED) is 0.523. The first-order valence-electron chi connectivity index (χ1n) is 7.01. The Morgan fingerprint density at radius 2 is 2.22 bits per heavy atom. The van der Waals surface area contributed by atoms with Crippen molar-refractivity contribution in [1.82, 2.24) is 9.97 Å². The Morgan fingerprint density at radius 3 is 3.04 bits per heavy atom. The van der Waals surface area contributed by atoms with Crippen molar-refractivity contribution in [2.24, 2.45) is 0 Å². The highest BCUT2D eigenvalue weighted by Gasteiger charge is 2.09. The van der Waals surface area contributed by atoms with Crippen LogP contribution in [-0.4, -0.2) is 21.6 Å². The summed E-state index contributed by atoms with van der Waals surface area (Å²) in [5, 5.41) is 5.44. The number of hydrogen-bond acceptors (Lipinski definition) is 5. The molecule has 23 heavy (non-hydrogen) atoms. The maximum absolute atomic E-state index is 12.0. The first-order valence-corrected chi connectivity index (χ1v) is 9.19. The van der Waals surface area contributed by atoms with Gasteiger partial charge in [0.25, 0.3) is 0 Å². The maximum Gasteiger partial charge on any atom is 0.225 e. The van der Waals surface area contributed by atoms with Crippen molar-refractivity contribution in [2.75, 3.05) is 11.1 Å². The molecule has 1 amide bonds. The molecule has 0 unspecified atom stereocenters. The minimum Gasteiger partial charge on any atom is -0.326 e. The van der Waals surface area contributed by atoms with E-state index >= 15 is 0 Å². The number of fused-ring (bicyclic) bond motifs is 1. The SMILES string of the molecule is Cc1cc2c(SCCC(=O)Nc3cccc(Cl)c3)ncnc2s1. The van der Waals surface area contributed by atoms with Crippen LogP contribution in [0.25, 0.3) is 10.2 Å². The van der Waals surface area contributed by atoms with Gasteiger partial charge in [-0.2, -0.15) is 0 Å². The van der Waals surface area contributed by atoms with Crippen molar-refractivity contribution >= 4 is 56.5 Å². The highest BCUT2D eigenvalue weighted by atomic mass is 35.5. The zero-order valence-corrected chi connectivity index (χ0v) is 14.8. The number of benzene rings is 1. The fourth-order valence-electron chi connectivity index (χ4n) is 2.10. The van der Waals surface area contributed by atoms with Gasteiger partial charge in [-0.25, -0.2) is 9.97 Å². The number of aryl methyl sites for hydroxylation is 1. The molecular formula is C16H14ClN3OS2. The Bertz CT molecular complexity index is 850. The number of carbonyl (C=O) groups is 1. The Labute approximate surface area is 147 Å². The highest BCUT2D eigenvalue weighted by molar-refractivity contribution is 7.99. The number of nitrogens with one attached hydrogen (secondary N) is 1. The van der Waals surface area contributed by atoms with Gasteiger partial charge in [0.05, 0.1) is 0 Å². The molecule has 0 saturated heterocycles. The smallest absolute Gasteiger partial charge is 0.225 e. The van der Waals surface area contributed by atoms with Crippen molar-refractivity contribution in [1.29, 1.82) is 0 Å². The normalized spacial score (nSPS) is 10.9. The van der Waals surface area contributed by atoms with Crippen LogP contribution in [0.15, 0.2) is 41.7 Å². The molecule has 0 aliphatic carbocycles. The summed E-state index contributed by atoms with van der Waals surface area (Å²) in [5.41, 5.74) is 0.713. The van der Waals surface area contributed by atoms with Gasteiger partial charge in [0.1, 0.15) is 16.2 Å². The van der Waals surface area contributed by atoms with E-state index in [1.807, 2.05) is 12.1 Å². The summed E-state index contributed by atoms with van der Waals surface area (Å²) in [6.45, 7) is 2.05. The summed E-state index contributed by atoms with van der Waals surface area (Å²) >= 11 is 9.13. The van der Waals surface area contributed by atoms with E-state index in [2.05, 4.69) is 28.3 Å². The van der Waals surface area contributed by atoms with E-state index in [0.29, 0.717) is 22.9 Å². The molecule has 7 heteroatoms. The average molecular weight is 364 g/mol. The molecule has 3 aromatic rings. The molecule has 0 aliphatic rings. The molecule has 1 aromatic carbocycles. The third-order valence-electron chi connectivity index (χ3n) is 3.09. The molecule has 0 fully saturated rings. The van der Waals surface area contributed by atoms with Gasteiger partial charge in [-0.05, 0) is 31.2 Å². The number of thioether (sulfide) groups is 1. The van der Waals surface area contributed by atoms with E-state index in [9.17, 15) is 4.79 Å². The van der Waals surface area contributed by atoms with Gasteiger partial charge in [-0.3, -0.25) is 4.79 Å². The van der Waals surface area contributed by atoms with Crippen molar-refractivity contribution in [3.8, 4) is 0 Å². The van der Waals surface area contributed by atoms with E-state index in [1.165, 1.54) is 4.88 Å². The van der Waals surface area contributed by atoms with Gasteiger partial charge in [-0.1, -0.05) is 17.7 Å². The zero-order chi connectivity index (χ0) is 16.2. The van der Waals surface area contributed by atoms with Crippen LogP contribution in [0, 0.1) is 6.92 Å². The van der Waals surface area contributed by atoms with Gasteiger partial charge < -0.3 is 5.32 Å². The Morgan fingerprint density at radius 1 is 1.35 bits per heavy atom. The molecule has 3 rings (SSSR count). The number of hydrogen-bond donors (Lipinski definition) is 1. The molecule has 2 aromatic heterocycles. The van der Waals surface area contributed by atoms with Crippen molar-refractivity contribution in [3.63, 3.8) is 0 Å². The van der Waals surface area contributed by atoms with Crippen LogP contribution < -0.4 is 5.32 Å². The topological polar surface area (TPSA) is 54.9 Å². The van der Waals surface area contributed by atoms with Gasteiger partial charge in [0, 0.05) is 33.1 Å². The van der Waals surface area contributed by atoms with Gasteiger partial charge >= 0.3 is 0 Å². The molecule has 0 radical (unpaired) electrons. The fraction of sp³-hybridized carbons (Fsp3) is 0.188. The van der Waals surface area contributed by atoms with E-state index in [4.69, 9.17) is 11.6 Å². The summed E-state index contributed by atoms with van der Waals surface area (Å²) in [6, 6.07) is 9.22. The first kappa shape index (κ1) is 16.2. The van der Waals surface area contributed by atoms with Crippen LogP contribution in [0.5, 0.6) is 0 Å². The lowest BCUT2D eigenvalue weighted by Crippen LogP contribution is -2.12. The van der Waals surface area contributed by atoms with Crippen molar-refractivity contribution < 1.29 is 4.79 Å². The average Bonchev–Trinajstić information content (AvgIpc) is 2.88. The lowest BCUT2D eigenvalue weighted by atomic mass is 10.3. The standard InChI is InChI=1S/C16H14ClN3OS2/c1-10-7-13-15(18-9-19-16(13)23-10)22-6-5-14(21)20-12-4-2-3-11(17)8-12/h2-4,7-9H,5-6H2,1H3,(H,20,21). The fourth-order valence-corrected chi connectivity index (χ4v) is 4.12. The Balaban J connectivity index is 1.57.